The normalized spacial score (nSPS) is 16.5. The summed E-state index contributed by atoms with van der Waals surface area (Å²) in [4.78, 5) is 26.3. The first-order valence-electron chi connectivity index (χ1n) is 11.4. The number of rotatable bonds is 6. The summed E-state index contributed by atoms with van der Waals surface area (Å²) in [5.74, 6) is -0.476. The molecule has 0 fully saturated rings. The molecule has 1 unspecified atom stereocenters. The van der Waals surface area contributed by atoms with Gasteiger partial charge in [0.05, 0.1) is 16.8 Å². The third-order valence-electron chi connectivity index (χ3n) is 5.75. The van der Waals surface area contributed by atoms with Crippen molar-refractivity contribution in [3.05, 3.63) is 88.5 Å². The standard InChI is InChI=1S/C25H26N2O3.C2H6/c1-17-5-7-19(8-6-17)16-27-14-13-20-3-2-4-22(23(20)27)24(28)26-15-18-9-11-21(12-10-18)25(29)30;1-2/h2-5,7-12,17H,6,13-16H2,1H3,(H,26,28)(H,29,30);1-2H3. The number of hydrogen-bond donors (Lipinski definition) is 2. The molecule has 4 rings (SSSR count). The monoisotopic (exact) mass is 432 g/mol. The quantitative estimate of drug-likeness (QED) is 0.656. The fourth-order valence-corrected chi connectivity index (χ4v) is 4.03. The van der Waals surface area contributed by atoms with Crippen LogP contribution in [0.1, 0.15) is 59.0 Å². The summed E-state index contributed by atoms with van der Waals surface area (Å²) < 4.78 is 0. The van der Waals surface area contributed by atoms with Crippen LogP contribution in [0.2, 0.25) is 0 Å². The smallest absolute Gasteiger partial charge is 0.335 e. The average Bonchev–Trinajstić information content (AvgIpc) is 3.23. The zero-order chi connectivity index (χ0) is 23.1. The number of carbonyl (C=O) groups excluding carboxylic acids is 1. The van der Waals surface area contributed by atoms with Crippen molar-refractivity contribution in [2.75, 3.05) is 18.0 Å². The van der Waals surface area contributed by atoms with Crippen molar-refractivity contribution in [1.29, 1.82) is 0 Å². The number of carbonyl (C=O) groups is 2. The Hall–Kier alpha value is -3.34. The van der Waals surface area contributed by atoms with E-state index < -0.39 is 5.97 Å². The van der Waals surface area contributed by atoms with Gasteiger partial charge in [0.25, 0.3) is 5.91 Å². The maximum absolute atomic E-state index is 13.0. The van der Waals surface area contributed by atoms with Crippen molar-refractivity contribution in [2.24, 2.45) is 5.92 Å². The third kappa shape index (κ3) is 5.47. The summed E-state index contributed by atoms with van der Waals surface area (Å²) in [6.45, 7) is 8.30. The molecular formula is C27H32N2O3. The van der Waals surface area contributed by atoms with Crippen LogP contribution >= 0.6 is 0 Å². The lowest BCUT2D eigenvalue weighted by atomic mass is 9.98. The van der Waals surface area contributed by atoms with E-state index in [1.807, 2.05) is 26.0 Å². The lowest BCUT2D eigenvalue weighted by Gasteiger charge is -2.24. The van der Waals surface area contributed by atoms with Crippen LogP contribution in [0, 0.1) is 5.92 Å². The zero-order valence-corrected chi connectivity index (χ0v) is 19.1. The Labute approximate surface area is 190 Å². The number of nitrogens with zero attached hydrogens (tertiary/aromatic N) is 1. The van der Waals surface area contributed by atoms with E-state index in [0.29, 0.717) is 18.0 Å². The summed E-state index contributed by atoms with van der Waals surface area (Å²) >= 11 is 0. The molecule has 32 heavy (non-hydrogen) atoms. The van der Waals surface area contributed by atoms with E-state index in [1.165, 1.54) is 11.1 Å². The molecule has 2 N–H and O–H groups in total. The molecule has 168 valence electrons. The SMILES string of the molecule is CC.CC1C=CC(CN2CCc3cccc(C(=O)NCc4ccc(C(=O)O)cc4)c32)=CC1. The van der Waals surface area contributed by atoms with Gasteiger partial charge in [0, 0.05) is 19.6 Å². The average molecular weight is 433 g/mol. The van der Waals surface area contributed by atoms with Crippen LogP contribution in [0.3, 0.4) is 0 Å². The number of benzene rings is 2. The van der Waals surface area contributed by atoms with E-state index in [9.17, 15) is 9.59 Å². The van der Waals surface area contributed by atoms with Crippen LogP contribution in [0.4, 0.5) is 5.69 Å². The highest BCUT2D eigenvalue weighted by Crippen LogP contribution is 2.33. The van der Waals surface area contributed by atoms with Crippen molar-refractivity contribution in [2.45, 2.75) is 40.2 Å². The van der Waals surface area contributed by atoms with Gasteiger partial charge in [-0.3, -0.25) is 4.79 Å². The van der Waals surface area contributed by atoms with Crippen molar-refractivity contribution in [1.82, 2.24) is 5.32 Å². The molecule has 0 spiro atoms. The van der Waals surface area contributed by atoms with Crippen LogP contribution in [0.15, 0.2) is 66.3 Å². The fourth-order valence-electron chi connectivity index (χ4n) is 4.03. The van der Waals surface area contributed by atoms with Crippen molar-refractivity contribution in [3.63, 3.8) is 0 Å². The molecule has 0 bridgehead atoms. The number of aromatic carboxylic acids is 1. The Morgan fingerprint density at radius 1 is 1.12 bits per heavy atom. The van der Waals surface area contributed by atoms with E-state index in [2.05, 4.69) is 41.4 Å². The summed E-state index contributed by atoms with van der Waals surface area (Å²) in [5, 5.41) is 12.0. The van der Waals surface area contributed by atoms with Gasteiger partial charge in [0.1, 0.15) is 0 Å². The minimum absolute atomic E-state index is 0.108. The first kappa shape index (κ1) is 23.3. The number of carboxylic acids is 1. The molecule has 1 aliphatic carbocycles. The Morgan fingerprint density at radius 2 is 1.88 bits per heavy atom. The van der Waals surface area contributed by atoms with Gasteiger partial charge in [0.15, 0.2) is 0 Å². The number of anilines is 1. The fraction of sp³-hybridized carbons (Fsp3) is 0.333. The van der Waals surface area contributed by atoms with E-state index in [4.69, 9.17) is 5.11 Å². The molecule has 5 heteroatoms. The first-order chi connectivity index (χ1) is 15.5. The van der Waals surface area contributed by atoms with Gasteiger partial charge >= 0.3 is 5.97 Å². The Bertz CT molecular complexity index is 1020. The van der Waals surface area contributed by atoms with Gasteiger partial charge in [-0.15, -0.1) is 0 Å². The lowest BCUT2D eigenvalue weighted by molar-refractivity contribution is 0.0696. The Kier molecular flexibility index (Phi) is 7.87. The van der Waals surface area contributed by atoms with Crippen molar-refractivity contribution < 1.29 is 14.7 Å². The van der Waals surface area contributed by atoms with Gasteiger partial charge in [-0.25, -0.2) is 4.79 Å². The number of allylic oxidation sites excluding steroid dienone is 2. The lowest BCUT2D eigenvalue weighted by Crippen LogP contribution is -2.28. The molecule has 0 saturated carbocycles. The predicted molar refractivity (Wildman–Crippen MR) is 129 cm³/mol. The molecule has 0 aromatic heterocycles. The molecule has 0 radical (unpaired) electrons. The van der Waals surface area contributed by atoms with E-state index in [0.717, 1.165) is 37.2 Å². The minimum atomic E-state index is -0.956. The molecule has 2 aromatic carbocycles. The molecule has 1 amide bonds. The van der Waals surface area contributed by atoms with Crippen LogP contribution in [-0.4, -0.2) is 30.1 Å². The number of fused-ring (bicyclic) bond motifs is 1. The molecular weight excluding hydrogens is 400 g/mol. The summed E-state index contributed by atoms with van der Waals surface area (Å²) in [7, 11) is 0. The summed E-state index contributed by atoms with van der Waals surface area (Å²) in [5.41, 5.74) is 5.34. The van der Waals surface area contributed by atoms with Crippen molar-refractivity contribution in [3.8, 4) is 0 Å². The number of para-hydroxylation sites is 1. The predicted octanol–water partition coefficient (Wildman–Crippen LogP) is 5.23. The highest BCUT2D eigenvalue weighted by atomic mass is 16.4. The second-order valence-corrected chi connectivity index (χ2v) is 8.02. The van der Waals surface area contributed by atoms with E-state index in [1.54, 1.807) is 24.3 Å². The van der Waals surface area contributed by atoms with Gasteiger partial charge in [0.2, 0.25) is 0 Å². The topological polar surface area (TPSA) is 69.6 Å². The molecule has 0 saturated heterocycles. The molecule has 1 heterocycles. The minimum Gasteiger partial charge on any atom is -0.478 e. The second-order valence-electron chi connectivity index (χ2n) is 8.02. The maximum atomic E-state index is 13.0. The number of amides is 1. The maximum Gasteiger partial charge on any atom is 0.335 e. The van der Waals surface area contributed by atoms with E-state index >= 15 is 0 Å². The number of carboxylic acid groups (broad SMARTS) is 1. The number of nitrogens with one attached hydrogen (secondary N) is 1. The Morgan fingerprint density at radius 3 is 2.53 bits per heavy atom. The van der Waals surface area contributed by atoms with Gasteiger partial charge in [-0.2, -0.15) is 0 Å². The molecule has 2 aliphatic rings. The molecule has 1 aliphatic heterocycles. The largest absolute Gasteiger partial charge is 0.478 e. The van der Waals surface area contributed by atoms with Crippen LogP contribution in [0.5, 0.6) is 0 Å². The van der Waals surface area contributed by atoms with Crippen molar-refractivity contribution >= 4 is 17.6 Å². The summed E-state index contributed by atoms with van der Waals surface area (Å²) in [6.07, 6.45) is 8.76. The van der Waals surface area contributed by atoms with Gasteiger partial charge in [-0.05, 0) is 53.7 Å². The molecule has 1 atom stereocenters. The van der Waals surface area contributed by atoms with Crippen LogP contribution < -0.4 is 10.2 Å². The van der Waals surface area contributed by atoms with Crippen LogP contribution in [-0.2, 0) is 13.0 Å². The van der Waals surface area contributed by atoms with Gasteiger partial charge < -0.3 is 15.3 Å². The highest BCUT2D eigenvalue weighted by Gasteiger charge is 2.25. The zero-order valence-electron chi connectivity index (χ0n) is 19.1. The highest BCUT2D eigenvalue weighted by molar-refractivity contribution is 6.01. The molecule has 5 nitrogen and oxygen atoms in total. The molecule has 2 aromatic rings. The van der Waals surface area contributed by atoms with Gasteiger partial charge in [-0.1, -0.05) is 63.3 Å². The third-order valence-corrected chi connectivity index (χ3v) is 5.75. The number of hydrogen-bond acceptors (Lipinski definition) is 3. The summed E-state index contributed by atoms with van der Waals surface area (Å²) in [6, 6.07) is 12.5. The Balaban J connectivity index is 0.00000141. The second kappa shape index (κ2) is 10.8. The van der Waals surface area contributed by atoms with E-state index in [-0.39, 0.29) is 11.5 Å². The first-order valence-corrected chi connectivity index (χ1v) is 11.4. The van der Waals surface area contributed by atoms with Crippen LogP contribution in [0.25, 0.3) is 0 Å².